The molecule has 0 radical (unpaired) electrons. The van der Waals surface area contributed by atoms with Gasteiger partial charge in [0.15, 0.2) is 0 Å². The molecule has 0 aliphatic heterocycles. The molecule has 0 heterocycles. The van der Waals surface area contributed by atoms with E-state index in [9.17, 15) is 0 Å². The maximum atomic E-state index is 3.55. The van der Waals surface area contributed by atoms with Crippen molar-refractivity contribution in [3.63, 3.8) is 0 Å². The van der Waals surface area contributed by atoms with E-state index < -0.39 is 0 Å². The molecule has 0 aromatic carbocycles. The minimum atomic E-state index is 1.15. The second-order valence-electron chi connectivity index (χ2n) is 4.79. The minimum Gasteiger partial charge on any atom is -0.103 e. The van der Waals surface area contributed by atoms with Crippen LogP contribution in [0, 0.1) is 0 Å². The quantitative estimate of drug-likeness (QED) is 0.377. The molecule has 0 N–H and O–H groups in total. The van der Waals surface area contributed by atoms with Gasteiger partial charge in [0.25, 0.3) is 0 Å². The van der Waals surface area contributed by atoms with Crippen molar-refractivity contribution in [2.24, 2.45) is 0 Å². The van der Waals surface area contributed by atoms with Crippen molar-refractivity contribution in [2.45, 2.75) is 92.4 Å². The third-order valence-electron chi connectivity index (χ3n) is 2.43. The summed E-state index contributed by atoms with van der Waals surface area (Å²) in [5.41, 5.74) is 0. The molecule has 0 heteroatoms. The maximum absolute atomic E-state index is 3.55. The highest BCUT2D eigenvalue weighted by molar-refractivity contribution is 4.80. The van der Waals surface area contributed by atoms with Crippen LogP contribution in [0.2, 0.25) is 0 Å². The highest BCUT2D eigenvalue weighted by atomic mass is 13.8. The second kappa shape index (κ2) is 30.9. The van der Waals surface area contributed by atoms with Gasteiger partial charge >= 0.3 is 0 Å². The van der Waals surface area contributed by atoms with E-state index >= 15 is 0 Å². The molecule has 0 bridgehead atoms. The molecule has 0 aromatic heterocycles. The van der Waals surface area contributed by atoms with E-state index in [1.54, 1.807) is 0 Å². The Morgan fingerprint density at radius 1 is 0.550 bits per heavy atom. The first kappa shape index (κ1) is 24.3. The zero-order chi connectivity index (χ0) is 15.9. The summed E-state index contributed by atoms with van der Waals surface area (Å²) in [5, 5.41) is 0. The van der Waals surface area contributed by atoms with Gasteiger partial charge in [0.1, 0.15) is 0 Å². The van der Waals surface area contributed by atoms with Crippen LogP contribution in [0.15, 0.2) is 37.0 Å². The largest absolute Gasteiger partial charge is 0.103 e. The fourth-order valence-electron chi connectivity index (χ4n) is 1.22. The number of rotatable bonds is 9. The topological polar surface area (TPSA) is 0 Å². The average molecular weight is 281 g/mol. The Labute approximate surface area is 130 Å². The fraction of sp³-hybridized carbons (Fsp3) is 0.700. The predicted molar refractivity (Wildman–Crippen MR) is 98.4 cm³/mol. The van der Waals surface area contributed by atoms with Gasteiger partial charge in [-0.15, -0.1) is 6.58 Å². The summed E-state index contributed by atoms with van der Waals surface area (Å²) in [6.07, 6.45) is 22.0. The number of hydrogen-bond acceptors (Lipinski definition) is 0. The summed E-state index contributed by atoms with van der Waals surface area (Å²) >= 11 is 0. The van der Waals surface area contributed by atoms with Gasteiger partial charge in [0.05, 0.1) is 0 Å². The Hall–Kier alpha value is -0.780. The van der Waals surface area contributed by atoms with E-state index in [2.05, 4.69) is 65.5 Å². The van der Waals surface area contributed by atoms with Crippen LogP contribution in [0.4, 0.5) is 0 Å². The first-order valence-electron chi connectivity index (χ1n) is 8.65. The maximum Gasteiger partial charge on any atom is -0.0353 e. The Bertz CT molecular complexity index is 178. The summed E-state index contributed by atoms with van der Waals surface area (Å²) in [5.74, 6) is 0. The Kier molecular flexibility index (Phi) is 37.5. The van der Waals surface area contributed by atoms with Crippen molar-refractivity contribution < 1.29 is 0 Å². The molecule has 0 spiro atoms. The van der Waals surface area contributed by atoms with Crippen LogP contribution in [-0.4, -0.2) is 0 Å². The molecule has 0 aliphatic carbocycles. The zero-order valence-electron chi connectivity index (χ0n) is 15.0. The van der Waals surface area contributed by atoms with Crippen LogP contribution in [0.1, 0.15) is 92.4 Å². The number of allylic oxidation sites excluding steroid dienone is 5. The van der Waals surface area contributed by atoms with Gasteiger partial charge in [-0.2, -0.15) is 0 Å². The number of unbranched alkanes of at least 4 members (excludes halogenated alkanes) is 4. The molecule has 0 unspecified atom stereocenters. The lowest BCUT2D eigenvalue weighted by molar-refractivity contribution is 0.921. The summed E-state index contributed by atoms with van der Waals surface area (Å²) in [6, 6.07) is 0. The van der Waals surface area contributed by atoms with E-state index in [4.69, 9.17) is 0 Å². The normalized spacial score (nSPS) is 9.85. The third-order valence-corrected chi connectivity index (χ3v) is 2.43. The van der Waals surface area contributed by atoms with Gasteiger partial charge in [0.2, 0.25) is 0 Å². The molecule has 0 saturated heterocycles. The van der Waals surface area contributed by atoms with Gasteiger partial charge in [-0.05, 0) is 32.1 Å². The molecule has 20 heavy (non-hydrogen) atoms. The summed E-state index contributed by atoms with van der Waals surface area (Å²) in [6.45, 7) is 14.5. The average Bonchev–Trinajstić information content (AvgIpc) is 2.47. The van der Waals surface area contributed by atoms with E-state index in [1.165, 1.54) is 51.4 Å². The lowest BCUT2D eigenvalue weighted by atomic mass is 10.2. The summed E-state index contributed by atoms with van der Waals surface area (Å²) < 4.78 is 0. The van der Waals surface area contributed by atoms with Gasteiger partial charge in [0, 0.05) is 0 Å². The van der Waals surface area contributed by atoms with Crippen LogP contribution in [0.3, 0.4) is 0 Å². The summed E-state index contributed by atoms with van der Waals surface area (Å²) in [7, 11) is 0. The fourth-order valence-corrected chi connectivity index (χ4v) is 1.22. The van der Waals surface area contributed by atoms with Crippen molar-refractivity contribution in [2.75, 3.05) is 0 Å². The van der Waals surface area contributed by atoms with E-state index in [1.807, 2.05) is 6.08 Å². The molecule has 0 nitrogen and oxygen atoms in total. The Balaban J connectivity index is -0.000000223. The van der Waals surface area contributed by atoms with Crippen molar-refractivity contribution in [1.82, 2.24) is 0 Å². The molecule has 0 atom stereocenters. The SMILES string of the molecule is C=CCCC.CCC=CCCC.CCCC=CCCC. The van der Waals surface area contributed by atoms with Crippen LogP contribution in [0.25, 0.3) is 0 Å². The van der Waals surface area contributed by atoms with Gasteiger partial charge < -0.3 is 0 Å². The highest BCUT2D eigenvalue weighted by Gasteiger charge is 1.72. The van der Waals surface area contributed by atoms with Gasteiger partial charge in [-0.3, -0.25) is 0 Å². The smallest absolute Gasteiger partial charge is 0.0353 e. The van der Waals surface area contributed by atoms with E-state index in [0.717, 1.165) is 6.42 Å². The van der Waals surface area contributed by atoms with Crippen molar-refractivity contribution in [3.05, 3.63) is 37.0 Å². The second-order valence-corrected chi connectivity index (χ2v) is 4.79. The monoisotopic (exact) mass is 280 g/mol. The van der Waals surface area contributed by atoms with E-state index in [-0.39, 0.29) is 0 Å². The van der Waals surface area contributed by atoms with Gasteiger partial charge in [-0.25, -0.2) is 0 Å². The third kappa shape index (κ3) is 43.4. The Morgan fingerprint density at radius 2 is 0.900 bits per heavy atom. The van der Waals surface area contributed by atoms with Crippen LogP contribution in [0.5, 0.6) is 0 Å². The standard InChI is InChI=1S/C8H16.C7H14.C5H10/c1-3-5-7-8-6-4-2;1-3-5-7-6-4-2;1-3-5-4-2/h7-8H,3-6H2,1-2H3;5,7H,3-4,6H2,1-2H3;3H,1,4-5H2,2H3. The van der Waals surface area contributed by atoms with Gasteiger partial charge in [-0.1, -0.05) is 90.7 Å². The lowest BCUT2D eigenvalue weighted by Crippen LogP contribution is -1.62. The van der Waals surface area contributed by atoms with Crippen LogP contribution >= 0.6 is 0 Å². The molecule has 0 aromatic rings. The molecule has 0 fully saturated rings. The molecular weight excluding hydrogens is 240 g/mol. The minimum absolute atomic E-state index is 1.15. The van der Waals surface area contributed by atoms with Crippen molar-refractivity contribution in [1.29, 1.82) is 0 Å². The van der Waals surface area contributed by atoms with Crippen molar-refractivity contribution in [3.8, 4) is 0 Å². The first-order valence-corrected chi connectivity index (χ1v) is 8.65. The summed E-state index contributed by atoms with van der Waals surface area (Å²) in [4.78, 5) is 0. The highest BCUT2D eigenvalue weighted by Crippen LogP contribution is 1.92. The first-order chi connectivity index (χ1) is 9.74. The lowest BCUT2D eigenvalue weighted by Gasteiger charge is -1.83. The molecule has 120 valence electrons. The van der Waals surface area contributed by atoms with E-state index in [0.29, 0.717) is 0 Å². The zero-order valence-corrected chi connectivity index (χ0v) is 15.0. The molecular formula is C20H40. The molecule has 0 aliphatic rings. The molecule has 0 rings (SSSR count). The predicted octanol–water partition coefficient (Wildman–Crippen LogP) is 7.87. The Morgan fingerprint density at radius 3 is 1.10 bits per heavy atom. The number of hydrogen-bond donors (Lipinski definition) is 0. The molecule has 0 saturated carbocycles. The molecule has 0 amide bonds. The van der Waals surface area contributed by atoms with Crippen LogP contribution < -0.4 is 0 Å². The van der Waals surface area contributed by atoms with Crippen molar-refractivity contribution >= 4 is 0 Å². The van der Waals surface area contributed by atoms with Crippen LogP contribution in [-0.2, 0) is 0 Å².